The molecule has 37 heavy (non-hydrogen) atoms. The lowest BCUT2D eigenvalue weighted by molar-refractivity contribution is -0.207. The van der Waals surface area contributed by atoms with Gasteiger partial charge < -0.3 is 10.2 Å². The summed E-state index contributed by atoms with van der Waals surface area (Å²) in [5.41, 5.74) is -1.94. The second kappa shape index (κ2) is 9.72. The van der Waals surface area contributed by atoms with E-state index in [1.54, 1.807) is 0 Å². The molecule has 0 saturated carbocycles. The smallest absolute Gasteiger partial charge is 0.382 e. The lowest BCUT2D eigenvalue weighted by atomic mass is 10.1. The number of halogens is 5. The lowest BCUT2D eigenvalue weighted by Gasteiger charge is -2.17. The first-order valence-electron chi connectivity index (χ1n) is 10.9. The Balaban J connectivity index is 1.79. The Bertz CT molecular complexity index is 1470. The topological polar surface area (TPSA) is 111 Å². The van der Waals surface area contributed by atoms with Gasteiger partial charge >= 0.3 is 11.9 Å². The zero-order valence-corrected chi connectivity index (χ0v) is 20.2. The number of rotatable bonds is 7. The SMILES string of the molecule is CC(C)(O)c1nc(Cn2nc(-c3ccc(Cl)cc3)n(CC(O)C(F)(F)F)c2=O)nn1-c1cccc(F)c1. The van der Waals surface area contributed by atoms with Crippen LogP contribution in [-0.2, 0) is 18.7 Å². The second-order valence-corrected chi connectivity index (χ2v) is 9.18. The fourth-order valence-corrected chi connectivity index (χ4v) is 3.66. The molecule has 14 heteroatoms. The van der Waals surface area contributed by atoms with E-state index >= 15 is 0 Å². The van der Waals surface area contributed by atoms with E-state index in [4.69, 9.17) is 11.6 Å². The van der Waals surface area contributed by atoms with Crippen LogP contribution in [0.3, 0.4) is 0 Å². The third-order valence-electron chi connectivity index (χ3n) is 5.30. The molecule has 1 unspecified atom stereocenters. The van der Waals surface area contributed by atoms with Gasteiger partial charge in [-0.1, -0.05) is 17.7 Å². The van der Waals surface area contributed by atoms with Gasteiger partial charge in [0.2, 0.25) is 0 Å². The highest BCUT2D eigenvalue weighted by Crippen LogP contribution is 2.25. The van der Waals surface area contributed by atoms with Gasteiger partial charge in [0.15, 0.2) is 23.6 Å². The molecule has 0 spiro atoms. The molecule has 196 valence electrons. The molecular formula is C23H21ClF4N6O3. The van der Waals surface area contributed by atoms with Crippen molar-refractivity contribution >= 4 is 11.6 Å². The van der Waals surface area contributed by atoms with E-state index in [0.717, 1.165) is 4.68 Å². The van der Waals surface area contributed by atoms with Gasteiger partial charge in [-0.15, -0.1) is 10.2 Å². The summed E-state index contributed by atoms with van der Waals surface area (Å²) in [6.07, 6.45) is -7.79. The largest absolute Gasteiger partial charge is 0.416 e. The quantitative estimate of drug-likeness (QED) is 0.348. The molecule has 4 aromatic rings. The number of aliphatic hydroxyl groups is 2. The molecule has 9 nitrogen and oxygen atoms in total. The molecule has 4 rings (SSSR count). The standard InChI is InChI=1S/C23H21ClF4N6O3/c1-22(2,37)20-29-18(30-34(20)16-5-3-4-15(25)10-16)12-33-21(36)32(11-17(35)23(26,27)28)19(31-33)13-6-8-14(24)9-7-13/h3-10,17,35,37H,11-12H2,1-2H3. The Kier molecular flexibility index (Phi) is 6.97. The number of aromatic nitrogens is 6. The first kappa shape index (κ1) is 26.5. The summed E-state index contributed by atoms with van der Waals surface area (Å²) in [5.74, 6) is -0.683. The maximum Gasteiger partial charge on any atom is 0.416 e. The van der Waals surface area contributed by atoms with Gasteiger partial charge in [0, 0.05) is 10.6 Å². The van der Waals surface area contributed by atoms with Gasteiger partial charge in [0.1, 0.15) is 18.0 Å². The average Bonchev–Trinajstić information content (AvgIpc) is 3.36. The highest BCUT2D eigenvalue weighted by atomic mass is 35.5. The fourth-order valence-electron chi connectivity index (χ4n) is 3.54. The molecule has 0 amide bonds. The normalized spacial score (nSPS) is 13.2. The summed E-state index contributed by atoms with van der Waals surface area (Å²) in [6.45, 7) is 1.39. The van der Waals surface area contributed by atoms with Gasteiger partial charge in [-0.2, -0.15) is 13.2 Å². The van der Waals surface area contributed by atoms with Crippen LogP contribution < -0.4 is 5.69 Å². The van der Waals surface area contributed by atoms with Crippen molar-refractivity contribution in [2.45, 2.75) is 44.8 Å². The van der Waals surface area contributed by atoms with Gasteiger partial charge in [-0.3, -0.25) is 4.57 Å². The van der Waals surface area contributed by atoms with E-state index in [1.807, 2.05) is 0 Å². The minimum absolute atomic E-state index is 0.0211. The predicted molar refractivity (Wildman–Crippen MR) is 125 cm³/mol. The average molecular weight is 541 g/mol. The van der Waals surface area contributed by atoms with Gasteiger partial charge in [-0.25, -0.2) is 23.5 Å². The highest BCUT2D eigenvalue weighted by molar-refractivity contribution is 6.30. The Hall–Kier alpha value is -3.55. The van der Waals surface area contributed by atoms with Crippen molar-refractivity contribution in [1.29, 1.82) is 0 Å². The van der Waals surface area contributed by atoms with Crippen molar-refractivity contribution in [3.05, 3.63) is 81.5 Å². The van der Waals surface area contributed by atoms with Crippen LogP contribution in [0.1, 0.15) is 25.5 Å². The van der Waals surface area contributed by atoms with Crippen molar-refractivity contribution < 1.29 is 27.8 Å². The van der Waals surface area contributed by atoms with Crippen LogP contribution in [0.2, 0.25) is 5.02 Å². The second-order valence-electron chi connectivity index (χ2n) is 8.74. The monoisotopic (exact) mass is 540 g/mol. The zero-order valence-electron chi connectivity index (χ0n) is 19.5. The summed E-state index contributed by atoms with van der Waals surface area (Å²) < 4.78 is 55.8. The van der Waals surface area contributed by atoms with E-state index in [2.05, 4.69) is 15.2 Å². The summed E-state index contributed by atoms with van der Waals surface area (Å²) in [7, 11) is 0. The van der Waals surface area contributed by atoms with Gasteiger partial charge in [0.05, 0.1) is 12.2 Å². The molecule has 0 aliphatic rings. The first-order chi connectivity index (χ1) is 17.2. The third-order valence-corrected chi connectivity index (χ3v) is 5.55. The maximum absolute atomic E-state index is 13.8. The molecule has 2 N–H and O–H groups in total. The van der Waals surface area contributed by atoms with Crippen LogP contribution in [0, 0.1) is 5.82 Å². The molecule has 0 radical (unpaired) electrons. The van der Waals surface area contributed by atoms with Crippen molar-refractivity contribution in [1.82, 2.24) is 29.1 Å². The van der Waals surface area contributed by atoms with Crippen LogP contribution in [0.5, 0.6) is 0 Å². The van der Waals surface area contributed by atoms with Crippen LogP contribution in [0.15, 0.2) is 53.3 Å². The van der Waals surface area contributed by atoms with Crippen molar-refractivity contribution in [3.8, 4) is 17.1 Å². The van der Waals surface area contributed by atoms with E-state index in [0.29, 0.717) is 9.59 Å². The molecule has 1 atom stereocenters. The van der Waals surface area contributed by atoms with Gasteiger partial charge in [0.25, 0.3) is 0 Å². The summed E-state index contributed by atoms with van der Waals surface area (Å²) >= 11 is 5.90. The molecule has 2 aromatic heterocycles. The maximum atomic E-state index is 13.8. The van der Waals surface area contributed by atoms with E-state index in [1.165, 1.54) is 67.1 Å². The minimum Gasteiger partial charge on any atom is -0.382 e. The Morgan fingerprint density at radius 1 is 1.08 bits per heavy atom. The van der Waals surface area contributed by atoms with Crippen LogP contribution >= 0.6 is 11.6 Å². The number of aliphatic hydroxyl groups excluding tert-OH is 1. The molecule has 2 heterocycles. The number of nitrogens with zero attached hydrogens (tertiary/aromatic N) is 6. The fraction of sp³-hybridized carbons (Fsp3) is 0.304. The van der Waals surface area contributed by atoms with Crippen molar-refractivity contribution in [2.75, 3.05) is 0 Å². The van der Waals surface area contributed by atoms with Crippen molar-refractivity contribution in [3.63, 3.8) is 0 Å². The van der Waals surface area contributed by atoms with E-state index < -0.39 is 35.9 Å². The number of alkyl halides is 3. The molecule has 0 saturated heterocycles. The molecule has 2 aromatic carbocycles. The minimum atomic E-state index is -4.97. The first-order valence-corrected chi connectivity index (χ1v) is 11.2. The third kappa shape index (κ3) is 5.73. The number of hydrogen-bond acceptors (Lipinski definition) is 6. The Morgan fingerprint density at radius 2 is 1.76 bits per heavy atom. The van der Waals surface area contributed by atoms with Crippen LogP contribution in [-0.4, -0.2) is 51.6 Å². The van der Waals surface area contributed by atoms with Crippen LogP contribution in [0.25, 0.3) is 17.1 Å². The summed E-state index contributed by atoms with van der Waals surface area (Å²) in [4.78, 5) is 17.4. The predicted octanol–water partition coefficient (Wildman–Crippen LogP) is 3.28. The highest BCUT2D eigenvalue weighted by Gasteiger charge is 2.39. The summed E-state index contributed by atoms with van der Waals surface area (Å²) in [5, 5.41) is 29.0. The number of benzene rings is 2. The summed E-state index contributed by atoms with van der Waals surface area (Å²) in [6, 6.07) is 11.3. The molecule has 0 aliphatic carbocycles. The van der Waals surface area contributed by atoms with E-state index in [-0.39, 0.29) is 35.3 Å². The zero-order chi connectivity index (χ0) is 27.1. The molecule has 0 aliphatic heterocycles. The van der Waals surface area contributed by atoms with Gasteiger partial charge in [-0.05, 0) is 56.3 Å². The Morgan fingerprint density at radius 3 is 2.35 bits per heavy atom. The van der Waals surface area contributed by atoms with Crippen molar-refractivity contribution in [2.24, 2.45) is 0 Å². The molecular weight excluding hydrogens is 520 g/mol. The molecule has 0 fully saturated rings. The number of hydrogen-bond donors (Lipinski definition) is 2. The lowest BCUT2D eigenvalue weighted by Crippen LogP contribution is -2.37. The van der Waals surface area contributed by atoms with Crippen LogP contribution in [0.4, 0.5) is 17.6 Å². The van der Waals surface area contributed by atoms with E-state index in [9.17, 15) is 32.6 Å². The molecule has 0 bridgehead atoms. The Labute approximate surface area is 212 Å².